The molecule has 6 nitrogen and oxygen atoms in total. The van der Waals surface area contributed by atoms with Gasteiger partial charge in [-0.1, -0.05) is 11.8 Å². The van der Waals surface area contributed by atoms with Crippen LogP contribution in [0.5, 0.6) is 0 Å². The summed E-state index contributed by atoms with van der Waals surface area (Å²) in [6.07, 6.45) is -3.75. The van der Waals surface area contributed by atoms with Gasteiger partial charge in [-0.3, -0.25) is 4.79 Å². The third kappa shape index (κ3) is 6.50. The first-order valence-electron chi connectivity index (χ1n) is 8.05. The van der Waals surface area contributed by atoms with Crippen LogP contribution in [0.2, 0.25) is 0 Å². The Hall–Kier alpha value is -2.11. The lowest BCUT2D eigenvalue weighted by Gasteiger charge is -2.10. The maximum Gasteiger partial charge on any atom is 0.417 e. The van der Waals surface area contributed by atoms with Gasteiger partial charge in [-0.05, 0) is 50.2 Å². The Kier molecular flexibility index (Phi) is 7.07. The van der Waals surface area contributed by atoms with Crippen molar-refractivity contribution in [3.05, 3.63) is 48.2 Å². The van der Waals surface area contributed by atoms with Gasteiger partial charge >= 0.3 is 6.18 Å². The number of sulfonamides is 1. The molecule has 1 aromatic carbocycles. The molecule has 1 aromatic heterocycles. The molecule has 0 bridgehead atoms. The molecule has 1 heterocycles. The molecular formula is C17H18F3N3O3S2. The lowest BCUT2D eigenvalue weighted by atomic mass is 10.3. The predicted octanol–water partition coefficient (Wildman–Crippen LogP) is 3.52. The van der Waals surface area contributed by atoms with Gasteiger partial charge in [0.1, 0.15) is 0 Å². The van der Waals surface area contributed by atoms with Crippen LogP contribution in [0.4, 0.5) is 18.9 Å². The Morgan fingerprint density at radius 2 is 1.79 bits per heavy atom. The number of nitrogens with zero attached hydrogens (tertiary/aromatic N) is 1. The van der Waals surface area contributed by atoms with Crippen molar-refractivity contribution >= 4 is 33.4 Å². The number of carbonyl (C=O) groups excluding carboxylic acids is 1. The van der Waals surface area contributed by atoms with Crippen LogP contribution in [0.1, 0.15) is 19.4 Å². The summed E-state index contributed by atoms with van der Waals surface area (Å²) in [7, 11) is -3.62. The topological polar surface area (TPSA) is 88.2 Å². The third-order valence-corrected chi connectivity index (χ3v) is 5.87. The van der Waals surface area contributed by atoms with Crippen molar-refractivity contribution in [1.82, 2.24) is 9.71 Å². The second kappa shape index (κ2) is 8.93. The molecule has 0 saturated heterocycles. The molecule has 152 valence electrons. The van der Waals surface area contributed by atoms with E-state index in [2.05, 4.69) is 15.0 Å². The van der Waals surface area contributed by atoms with Gasteiger partial charge in [0.25, 0.3) is 0 Å². The Labute approximate surface area is 165 Å². The summed E-state index contributed by atoms with van der Waals surface area (Å²) in [5.74, 6) is -0.463. The highest BCUT2D eigenvalue weighted by atomic mass is 32.2. The highest BCUT2D eigenvalue weighted by Crippen LogP contribution is 2.29. The Bertz CT molecular complexity index is 913. The number of thioether (sulfide) groups is 1. The first-order chi connectivity index (χ1) is 13.0. The number of pyridine rings is 1. The van der Waals surface area contributed by atoms with Gasteiger partial charge in [-0.2, -0.15) is 13.2 Å². The van der Waals surface area contributed by atoms with Crippen molar-refractivity contribution in [2.24, 2.45) is 0 Å². The Balaban J connectivity index is 1.91. The standard InChI is InChI=1S/C17H18F3N3O3S2/c1-11(2)23-28(25,26)14-6-4-13(5-7-14)22-15(24)10-27-16-8-3-12(9-21-16)17(18,19)20/h3-9,11,23H,10H2,1-2H3,(H,22,24). The molecule has 2 rings (SSSR count). The SMILES string of the molecule is CC(C)NS(=O)(=O)c1ccc(NC(=O)CSc2ccc(C(F)(F)F)cn2)cc1. The average molecular weight is 433 g/mol. The Morgan fingerprint density at radius 1 is 1.14 bits per heavy atom. The molecule has 2 N–H and O–H groups in total. The number of halogens is 3. The summed E-state index contributed by atoms with van der Waals surface area (Å²) in [6, 6.07) is 7.48. The fraction of sp³-hybridized carbons (Fsp3) is 0.294. The van der Waals surface area contributed by atoms with Crippen molar-refractivity contribution < 1.29 is 26.4 Å². The second-order valence-corrected chi connectivity index (χ2v) is 8.73. The van der Waals surface area contributed by atoms with Crippen LogP contribution in [-0.2, 0) is 21.0 Å². The van der Waals surface area contributed by atoms with Crippen molar-refractivity contribution in [2.45, 2.75) is 36.0 Å². The van der Waals surface area contributed by atoms with E-state index >= 15 is 0 Å². The van der Waals surface area contributed by atoms with Crippen molar-refractivity contribution in [3.63, 3.8) is 0 Å². The number of aromatic nitrogens is 1. The van der Waals surface area contributed by atoms with Gasteiger partial charge in [0.2, 0.25) is 15.9 Å². The van der Waals surface area contributed by atoms with Gasteiger partial charge in [0.15, 0.2) is 0 Å². The minimum absolute atomic E-state index is 0.0622. The van der Waals surface area contributed by atoms with Crippen molar-refractivity contribution in [1.29, 1.82) is 0 Å². The van der Waals surface area contributed by atoms with Gasteiger partial charge in [0.05, 0.1) is 21.2 Å². The van der Waals surface area contributed by atoms with E-state index in [0.29, 0.717) is 11.9 Å². The molecule has 0 saturated carbocycles. The number of nitrogens with one attached hydrogen (secondary N) is 2. The molecule has 0 aliphatic heterocycles. The lowest BCUT2D eigenvalue weighted by Crippen LogP contribution is -2.30. The molecule has 11 heteroatoms. The van der Waals surface area contributed by atoms with E-state index in [1.54, 1.807) is 13.8 Å². The molecule has 0 aliphatic carbocycles. The third-order valence-electron chi connectivity index (χ3n) is 3.25. The second-order valence-electron chi connectivity index (χ2n) is 6.02. The van der Waals surface area contributed by atoms with Crippen LogP contribution in [0.25, 0.3) is 0 Å². The molecular weight excluding hydrogens is 415 g/mol. The molecule has 1 amide bonds. The monoisotopic (exact) mass is 433 g/mol. The number of anilines is 1. The lowest BCUT2D eigenvalue weighted by molar-refractivity contribution is -0.137. The highest BCUT2D eigenvalue weighted by Gasteiger charge is 2.30. The van der Waals surface area contributed by atoms with E-state index in [1.807, 2.05) is 0 Å². The zero-order chi connectivity index (χ0) is 20.9. The van der Waals surface area contributed by atoms with Gasteiger partial charge < -0.3 is 5.32 Å². The molecule has 0 atom stereocenters. The number of hydrogen-bond donors (Lipinski definition) is 2. The van der Waals surface area contributed by atoms with Crippen LogP contribution < -0.4 is 10.0 Å². The van der Waals surface area contributed by atoms with E-state index in [-0.39, 0.29) is 21.7 Å². The van der Waals surface area contributed by atoms with Crippen LogP contribution in [0, 0.1) is 0 Å². The normalized spacial score (nSPS) is 12.2. The van der Waals surface area contributed by atoms with E-state index in [1.165, 1.54) is 30.3 Å². The van der Waals surface area contributed by atoms with Gasteiger partial charge in [-0.15, -0.1) is 0 Å². The number of benzene rings is 1. The van der Waals surface area contributed by atoms with E-state index in [4.69, 9.17) is 0 Å². The minimum atomic E-state index is -4.46. The molecule has 0 fully saturated rings. The summed E-state index contributed by atoms with van der Waals surface area (Å²) in [5.41, 5.74) is -0.460. The molecule has 0 spiro atoms. The van der Waals surface area contributed by atoms with E-state index in [9.17, 15) is 26.4 Å². The zero-order valence-electron chi connectivity index (χ0n) is 14.9. The quantitative estimate of drug-likeness (QED) is 0.653. The summed E-state index contributed by atoms with van der Waals surface area (Å²) in [4.78, 5) is 15.7. The molecule has 28 heavy (non-hydrogen) atoms. The molecule has 0 aliphatic rings. The molecule has 0 unspecified atom stereocenters. The zero-order valence-corrected chi connectivity index (χ0v) is 16.6. The van der Waals surface area contributed by atoms with Crippen molar-refractivity contribution in [3.8, 4) is 0 Å². The fourth-order valence-electron chi connectivity index (χ4n) is 2.07. The van der Waals surface area contributed by atoms with E-state index in [0.717, 1.165) is 17.8 Å². The first-order valence-corrected chi connectivity index (χ1v) is 10.5. The summed E-state index contributed by atoms with van der Waals surface area (Å²) < 4.78 is 64.0. The predicted molar refractivity (Wildman–Crippen MR) is 100 cm³/mol. The van der Waals surface area contributed by atoms with Gasteiger partial charge in [-0.25, -0.2) is 18.1 Å². The molecule has 2 aromatic rings. The maximum absolute atomic E-state index is 12.5. The molecule has 0 radical (unpaired) electrons. The Morgan fingerprint density at radius 3 is 2.29 bits per heavy atom. The van der Waals surface area contributed by atoms with Crippen LogP contribution in [0.3, 0.4) is 0 Å². The largest absolute Gasteiger partial charge is 0.417 e. The highest BCUT2D eigenvalue weighted by molar-refractivity contribution is 7.99. The minimum Gasteiger partial charge on any atom is -0.325 e. The fourth-order valence-corrected chi connectivity index (χ4v) is 3.96. The summed E-state index contributed by atoms with van der Waals surface area (Å²) in [6.45, 7) is 3.41. The van der Waals surface area contributed by atoms with Crippen LogP contribution in [-0.4, -0.2) is 31.1 Å². The number of alkyl halides is 3. The van der Waals surface area contributed by atoms with Crippen LogP contribution >= 0.6 is 11.8 Å². The number of amides is 1. The summed E-state index contributed by atoms with van der Waals surface area (Å²) in [5, 5.41) is 2.87. The van der Waals surface area contributed by atoms with E-state index < -0.39 is 27.7 Å². The number of carbonyl (C=O) groups is 1. The number of hydrogen-bond acceptors (Lipinski definition) is 5. The summed E-state index contributed by atoms with van der Waals surface area (Å²) >= 11 is 0.985. The average Bonchev–Trinajstić information content (AvgIpc) is 2.59. The van der Waals surface area contributed by atoms with Gasteiger partial charge in [0, 0.05) is 17.9 Å². The maximum atomic E-state index is 12.5. The smallest absolute Gasteiger partial charge is 0.325 e. The number of rotatable bonds is 7. The van der Waals surface area contributed by atoms with Crippen LogP contribution in [0.15, 0.2) is 52.5 Å². The van der Waals surface area contributed by atoms with Crippen molar-refractivity contribution in [2.75, 3.05) is 11.1 Å². The first kappa shape index (κ1) is 22.2.